The number of amides is 1. The molecule has 1 N–H and O–H groups in total. The smallest absolute Gasteiger partial charge is 0.269 e. The zero-order chi connectivity index (χ0) is 18.4. The van der Waals surface area contributed by atoms with Crippen molar-refractivity contribution in [3.63, 3.8) is 0 Å². The number of aryl methyl sites for hydroxylation is 1. The number of nitrogens with zero attached hydrogens (tertiary/aromatic N) is 3. The van der Waals surface area contributed by atoms with Crippen LogP contribution in [0.5, 0.6) is 0 Å². The highest BCUT2D eigenvalue weighted by atomic mass is 16.1. The molecule has 0 saturated carbocycles. The molecule has 5 heteroatoms. The Morgan fingerprint density at radius 1 is 1.08 bits per heavy atom. The van der Waals surface area contributed by atoms with Crippen molar-refractivity contribution in [3.05, 3.63) is 60.2 Å². The van der Waals surface area contributed by atoms with Crippen LogP contribution in [0.4, 0.5) is 0 Å². The van der Waals surface area contributed by atoms with E-state index in [-0.39, 0.29) is 5.91 Å². The van der Waals surface area contributed by atoms with E-state index in [1.807, 2.05) is 12.1 Å². The number of imidazole rings is 1. The van der Waals surface area contributed by atoms with Gasteiger partial charge in [0, 0.05) is 25.2 Å². The van der Waals surface area contributed by atoms with Crippen LogP contribution in [0.25, 0.3) is 11.0 Å². The minimum absolute atomic E-state index is 0.104. The molecule has 0 aliphatic carbocycles. The molecule has 0 radical (unpaired) electrons. The quantitative estimate of drug-likeness (QED) is 0.621. The van der Waals surface area contributed by atoms with Gasteiger partial charge in [-0.25, -0.2) is 4.98 Å². The minimum atomic E-state index is -0.104. The lowest BCUT2D eigenvalue weighted by Crippen LogP contribution is -2.25. The van der Waals surface area contributed by atoms with Crippen molar-refractivity contribution in [1.82, 2.24) is 19.9 Å². The molecule has 2 heterocycles. The third-order valence-electron chi connectivity index (χ3n) is 4.45. The lowest BCUT2D eigenvalue weighted by Gasteiger charge is -2.13. The number of hydrogen-bond acceptors (Lipinski definition) is 3. The van der Waals surface area contributed by atoms with Gasteiger partial charge in [-0.05, 0) is 51.0 Å². The second-order valence-electron chi connectivity index (χ2n) is 6.76. The first-order chi connectivity index (χ1) is 12.7. The van der Waals surface area contributed by atoms with E-state index in [9.17, 15) is 4.79 Å². The molecule has 26 heavy (non-hydrogen) atoms. The van der Waals surface area contributed by atoms with Gasteiger partial charge in [0.2, 0.25) is 0 Å². The Morgan fingerprint density at radius 3 is 2.65 bits per heavy atom. The molecule has 0 aliphatic rings. The Kier molecular flexibility index (Phi) is 6.00. The van der Waals surface area contributed by atoms with Crippen LogP contribution in [-0.4, -0.2) is 27.0 Å². The van der Waals surface area contributed by atoms with Gasteiger partial charge in [-0.3, -0.25) is 9.78 Å². The normalized spacial score (nSPS) is 11.2. The fraction of sp³-hybridized carbons (Fsp3) is 0.381. The maximum absolute atomic E-state index is 11.9. The lowest BCUT2D eigenvalue weighted by atomic mass is 10.2. The first-order valence-corrected chi connectivity index (χ1v) is 9.32. The van der Waals surface area contributed by atoms with Gasteiger partial charge in [0.1, 0.15) is 11.5 Å². The van der Waals surface area contributed by atoms with Crippen molar-refractivity contribution in [2.75, 3.05) is 6.54 Å². The van der Waals surface area contributed by atoms with Gasteiger partial charge in [-0.1, -0.05) is 24.6 Å². The zero-order valence-electron chi connectivity index (χ0n) is 15.5. The topological polar surface area (TPSA) is 59.8 Å². The summed E-state index contributed by atoms with van der Waals surface area (Å²) in [6.07, 6.45) is 5.68. The van der Waals surface area contributed by atoms with E-state index >= 15 is 0 Å². The standard InChI is InChI=1S/C21H26N4O/c1-16(2)25-19-12-6-5-10-17(19)24-20(25)13-4-3-8-15-23-21(26)18-11-7-9-14-22-18/h5-7,9-12,14,16H,3-4,8,13,15H2,1-2H3,(H,23,26). The van der Waals surface area contributed by atoms with Crippen LogP contribution in [0.1, 0.15) is 55.5 Å². The summed E-state index contributed by atoms with van der Waals surface area (Å²) < 4.78 is 2.33. The molecule has 2 aromatic heterocycles. The molecule has 0 fully saturated rings. The number of nitrogens with one attached hydrogen (secondary N) is 1. The maximum Gasteiger partial charge on any atom is 0.269 e. The van der Waals surface area contributed by atoms with Gasteiger partial charge >= 0.3 is 0 Å². The fourth-order valence-electron chi connectivity index (χ4n) is 3.22. The molecule has 0 unspecified atom stereocenters. The summed E-state index contributed by atoms with van der Waals surface area (Å²) in [7, 11) is 0. The minimum Gasteiger partial charge on any atom is -0.351 e. The number of rotatable bonds is 8. The zero-order valence-corrected chi connectivity index (χ0v) is 15.5. The summed E-state index contributed by atoms with van der Waals surface area (Å²) in [6, 6.07) is 14.1. The molecule has 0 saturated heterocycles. The summed E-state index contributed by atoms with van der Waals surface area (Å²) in [5.41, 5.74) is 2.75. The average molecular weight is 350 g/mol. The molecule has 0 spiro atoms. The Balaban J connectivity index is 1.46. The predicted molar refractivity (Wildman–Crippen MR) is 104 cm³/mol. The molecule has 0 aliphatic heterocycles. The van der Waals surface area contributed by atoms with Crippen LogP contribution in [0.2, 0.25) is 0 Å². The highest BCUT2D eigenvalue weighted by molar-refractivity contribution is 5.92. The van der Waals surface area contributed by atoms with Crippen LogP contribution in [-0.2, 0) is 6.42 Å². The average Bonchev–Trinajstić information content (AvgIpc) is 3.03. The number of aromatic nitrogens is 3. The van der Waals surface area contributed by atoms with Crippen molar-refractivity contribution in [3.8, 4) is 0 Å². The Hall–Kier alpha value is -2.69. The van der Waals surface area contributed by atoms with Crippen LogP contribution >= 0.6 is 0 Å². The largest absolute Gasteiger partial charge is 0.351 e. The van der Waals surface area contributed by atoms with Gasteiger partial charge in [-0.15, -0.1) is 0 Å². The number of carbonyl (C=O) groups excluding carboxylic acids is 1. The SMILES string of the molecule is CC(C)n1c(CCCCCNC(=O)c2ccccn2)nc2ccccc21. The molecule has 3 rings (SSSR count). The van der Waals surface area contributed by atoms with Crippen LogP contribution in [0.15, 0.2) is 48.7 Å². The monoisotopic (exact) mass is 350 g/mol. The van der Waals surface area contributed by atoms with E-state index in [2.05, 4.69) is 46.9 Å². The molecule has 136 valence electrons. The number of benzene rings is 1. The molecule has 1 aromatic carbocycles. The van der Waals surface area contributed by atoms with Crippen molar-refractivity contribution in [2.45, 2.75) is 45.6 Å². The fourth-order valence-corrected chi connectivity index (χ4v) is 3.22. The first kappa shape index (κ1) is 18.1. The number of hydrogen-bond donors (Lipinski definition) is 1. The summed E-state index contributed by atoms with van der Waals surface area (Å²) >= 11 is 0. The predicted octanol–water partition coefficient (Wildman–Crippen LogP) is 4.16. The van der Waals surface area contributed by atoms with Crippen molar-refractivity contribution >= 4 is 16.9 Å². The van der Waals surface area contributed by atoms with E-state index in [1.54, 1.807) is 18.3 Å². The summed E-state index contributed by atoms with van der Waals surface area (Å²) in [6.45, 7) is 5.07. The molecule has 1 amide bonds. The lowest BCUT2D eigenvalue weighted by molar-refractivity contribution is 0.0948. The van der Waals surface area contributed by atoms with Gasteiger partial charge in [0.15, 0.2) is 0 Å². The van der Waals surface area contributed by atoms with E-state index in [0.717, 1.165) is 37.0 Å². The summed E-state index contributed by atoms with van der Waals surface area (Å²) in [4.78, 5) is 20.8. The molecular formula is C21H26N4O. The first-order valence-electron chi connectivity index (χ1n) is 9.32. The summed E-state index contributed by atoms with van der Waals surface area (Å²) in [5, 5.41) is 2.93. The number of para-hydroxylation sites is 2. The Bertz CT molecular complexity index is 855. The van der Waals surface area contributed by atoms with Crippen molar-refractivity contribution in [1.29, 1.82) is 0 Å². The van der Waals surface area contributed by atoms with Crippen LogP contribution < -0.4 is 5.32 Å². The van der Waals surface area contributed by atoms with E-state index in [4.69, 9.17) is 4.98 Å². The number of carbonyl (C=O) groups is 1. The second kappa shape index (κ2) is 8.61. The third kappa shape index (κ3) is 4.28. The van der Waals surface area contributed by atoms with Crippen molar-refractivity contribution < 1.29 is 4.79 Å². The molecule has 3 aromatic rings. The summed E-state index contributed by atoms with van der Waals surface area (Å²) in [5.74, 6) is 1.05. The van der Waals surface area contributed by atoms with E-state index < -0.39 is 0 Å². The maximum atomic E-state index is 11.9. The van der Waals surface area contributed by atoms with Gasteiger partial charge < -0.3 is 9.88 Å². The van der Waals surface area contributed by atoms with Gasteiger partial charge in [0.05, 0.1) is 11.0 Å². The van der Waals surface area contributed by atoms with Crippen LogP contribution in [0, 0.1) is 0 Å². The van der Waals surface area contributed by atoms with Crippen molar-refractivity contribution in [2.24, 2.45) is 0 Å². The molecular weight excluding hydrogens is 324 g/mol. The Labute approximate surface area is 154 Å². The van der Waals surface area contributed by atoms with Gasteiger partial charge in [-0.2, -0.15) is 0 Å². The van der Waals surface area contributed by atoms with Crippen LogP contribution in [0.3, 0.4) is 0 Å². The van der Waals surface area contributed by atoms with E-state index in [0.29, 0.717) is 18.3 Å². The Morgan fingerprint density at radius 2 is 1.88 bits per heavy atom. The molecule has 5 nitrogen and oxygen atoms in total. The molecule has 0 bridgehead atoms. The molecule has 0 atom stereocenters. The highest BCUT2D eigenvalue weighted by Crippen LogP contribution is 2.22. The number of unbranched alkanes of at least 4 members (excludes halogenated alkanes) is 2. The van der Waals surface area contributed by atoms with E-state index in [1.165, 1.54) is 5.52 Å². The third-order valence-corrected chi connectivity index (χ3v) is 4.45. The second-order valence-corrected chi connectivity index (χ2v) is 6.76. The number of pyridine rings is 1. The highest BCUT2D eigenvalue weighted by Gasteiger charge is 2.12. The van der Waals surface area contributed by atoms with Gasteiger partial charge in [0.25, 0.3) is 5.91 Å². The number of fused-ring (bicyclic) bond motifs is 1.